The van der Waals surface area contributed by atoms with Gasteiger partial charge in [-0.25, -0.2) is 0 Å². The summed E-state index contributed by atoms with van der Waals surface area (Å²) in [5, 5.41) is 7.80. The number of rotatable bonds is 9. The van der Waals surface area contributed by atoms with Gasteiger partial charge in [0.05, 0.1) is 5.69 Å². The number of benzene rings is 10. The molecule has 0 saturated carbocycles. The van der Waals surface area contributed by atoms with Crippen molar-refractivity contribution in [3.63, 3.8) is 0 Å². The van der Waals surface area contributed by atoms with Crippen molar-refractivity contribution in [2.75, 3.05) is 4.90 Å². The average molecular weight is 800 g/mol. The molecule has 2 atom stereocenters. The third kappa shape index (κ3) is 6.83. The van der Waals surface area contributed by atoms with Crippen LogP contribution in [-0.2, 0) is 0 Å². The highest BCUT2D eigenvalue weighted by Crippen LogP contribution is 2.49. The van der Waals surface area contributed by atoms with E-state index in [2.05, 4.69) is 235 Å². The fourth-order valence-electron chi connectivity index (χ4n) is 10.2. The molecule has 0 amide bonds. The first-order valence-corrected chi connectivity index (χ1v) is 22.1. The third-order valence-electron chi connectivity index (χ3n) is 13.6. The van der Waals surface area contributed by atoms with Crippen LogP contribution in [0.1, 0.15) is 68.8 Å². The molecule has 2 unspecified atom stereocenters. The van der Waals surface area contributed by atoms with E-state index in [9.17, 15) is 0 Å². The van der Waals surface area contributed by atoms with Crippen molar-refractivity contribution in [2.24, 2.45) is 0 Å². The molecule has 0 aliphatic heterocycles. The molecule has 10 aromatic carbocycles. The number of aryl methyl sites for hydroxylation is 6. The fourth-order valence-corrected chi connectivity index (χ4v) is 10.2. The van der Waals surface area contributed by atoms with Crippen molar-refractivity contribution in [3.05, 3.63) is 232 Å². The van der Waals surface area contributed by atoms with Gasteiger partial charge in [-0.1, -0.05) is 176 Å². The van der Waals surface area contributed by atoms with Crippen LogP contribution in [0, 0.1) is 41.5 Å². The normalized spacial score (nSPS) is 12.6. The van der Waals surface area contributed by atoms with Gasteiger partial charge in [0, 0.05) is 22.7 Å². The van der Waals surface area contributed by atoms with Crippen molar-refractivity contribution in [1.29, 1.82) is 0 Å². The van der Waals surface area contributed by atoms with Crippen molar-refractivity contribution < 1.29 is 0 Å². The maximum absolute atomic E-state index is 2.53. The first-order chi connectivity index (χ1) is 30.1. The molecule has 62 heavy (non-hydrogen) atoms. The summed E-state index contributed by atoms with van der Waals surface area (Å²) < 4.78 is 0. The van der Waals surface area contributed by atoms with Crippen LogP contribution in [0.3, 0.4) is 0 Å². The van der Waals surface area contributed by atoms with Gasteiger partial charge in [-0.15, -0.1) is 0 Å². The Morgan fingerprint density at radius 1 is 0.339 bits per heavy atom. The maximum Gasteiger partial charge on any atom is 0.0540 e. The van der Waals surface area contributed by atoms with Gasteiger partial charge in [0.25, 0.3) is 0 Å². The van der Waals surface area contributed by atoms with Gasteiger partial charge in [-0.3, -0.25) is 0 Å². The molecule has 0 bridgehead atoms. The average Bonchev–Trinajstić information content (AvgIpc) is 3.30. The monoisotopic (exact) mass is 799 g/mol. The van der Waals surface area contributed by atoms with E-state index in [1.165, 1.54) is 122 Å². The van der Waals surface area contributed by atoms with Crippen LogP contribution in [0.25, 0.3) is 54.6 Å². The van der Waals surface area contributed by atoms with Crippen LogP contribution in [0.5, 0.6) is 0 Å². The molecule has 10 aromatic rings. The number of hydrogen-bond acceptors (Lipinski definition) is 1. The Kier molecular flexibility index (Phi) is 10.00. The van der Waals surface area contributed by atoms with Crippen LogP contribution in [0.2, 0.25) is 0 Å². The lowest BCUT2D eigenvalue weighted by atomic mass is 9.73. The molecule has 0 fully saturated rings. The van der Waals surface area contributed by atoms with Gasteiger partial charge < -0.3 is 4.90 Å². The van der Waals surface area contributed by atoms with Gasteiger partial charge >= 0.3 is 0 Å². The molecule has 302 valence electrons. The quantitative estimate of drug-likeness (QED) is 0.131. The molecule has 1 nitrogen and oxygen atoms in total. The minimum absolute atomic E-state index is 0.146. The zero-order chi connectivity index (χ0) is 42.6. The van der Waals surface area contributed by atoms with Crippen LogP contribution in [0.4, 0.5) is 17.1 Å². The Hall–Kier alpha value is -6.96. The summed E-state index contributed by atoms with van der Waals surface area (Å²) in [5.41, 5.74) is 20.3. The standard InChI is InChI=1S/C61H53N/c1-38-18-20-40(3)54(34-38)59(55-36-49(24-22-41(55)4)45-14-10-8-11-15-45)44(7)51-30-26-47-28-32-53-56(33-29-48-27-31-52(51)60(47)61(48)53)62(57-35-39(2)19-21-42(57)5)58-37-50(25-23-43(58)6)46-16-12-9-13-17-46/h8-37,44,59H,1-7H3. The van der Waals surface area contributed by atoms with E-state index in [0.29, 0.717) is 0 Å². The molecule has 10 rings (SSSR count). The molecule has 0 spiro atoms. The highest BCUT2D eigenvalue weighted by atomic mass is 15.1. The lowest BCUT2D eigenvalue weighted by Crippen LogP contribution is -2.14. The van der Waals surface area contributed by atoms with Crippen LogP contribution in [-0.4, -0.2) is 0 Å². The van der Waals surface area contributed by atoms with E-state index in [1.54, 1.807) is 0 Å². The molecule has 0 heterocycles. The van der Waals surface area contributed by atoms with E-state index in [0.717, 1.165) is 0 Å². The second-order valence-electron chi connectivity index (χ2n) is 17.7. The fraction of sp³-hybridized carbons (Fsp3) is 0.148. The van der Waals surface area contributed by atoms with E-state index in [1.807, 2.05) is 0 Å². The van der Waals surface area contributed by atoms with E-state index >= 15 is 0 Å². The lowest BCUT2D eigenvalue weighted by Gasteiger charge is -2.32. The second-order valence-corrected chi connectivity index (χ2v) is 17.7. The van der Waals surface area contributed by atoms with Crippen molar-refractivity contribution in [3.8, 4) is 22.3 Å². The summed E-state index contributed by atoms with van der Waals surface area (Å²) in [5.74, 6) is 0.325. The van der Waals surface area contributed by atoms with E-state index in [-0.39, 0.29) is 11.8 Å². The Bertz CT molecular complexity index is 3270. The van der Waals surface area contributed by atoms with Gasteiger partial charge in [0.15, 0.2) is 0 Å². The summed E-state index contributed by atoms with van der Waals surface area (Å²) >= 11 is 0. The molecular weight excluding hydrogens is 747 g/mol. The zero-order valence-electron chi connectivity index (χ0n) is 36.9. The molecule has 1 heteroatoms. The predicted octanol–water partition coefficient (Wildman–Crippen LogP) is 17.2. The van der Waals surface area contributed by atoms with Gasteiger partial charge in [0.1, 0.15) is 0 Å². The first-order valence-electron chi connectivity index (χ1n) is 22.1. The summed E-state index contributed by atoms with van der Waals surface area (Å²) in [6.45, 7) is 16.0. The Morgan fingerprint density at radius 2 is 0.823 bits per heavy atom. The van der Waals surface area contributed by atoms with E-state index < -0.39 is 0 Å². The highest BCUT2D eigenvalue weighted by Gasteiger charge is 2.29. The largest absolute Gasteiger partial charge is 0.309 e. The molecule has 0 radical (unpaired) electrons. The summed E-state index contributed by atoms with van der Waals surface area (Å²) in [6.07, 6.45) is 0. The van der Waals surface area contributed by atoms with Gasteiger partial charge in [-0.05, 0) is 159 Å². The molecule has 0 saturated heterocycles. The highest BCUT2D eigenvalue weighted by molar-refractivity contribution is 6.26. The van der Waals surface area contributed by atoms with Crippen molar-refractivity contribution in [1.82, 2.24) is 0 Å². The smallest absolute Gasteiger partial charge is 0.0540 e. The summed E-state index contributed by atoms with van der Waals surface area (Å²) in [7, 11) is 0. The van der Waals surface area contributed by atoms with E-state index in [4.69, 9.17) is 0 Å². The molecule has 0 N–H and O–H groups in total. The van der Waals surface area contributed by atoms with Gasteiger partial charge in [-0.2, -0.15) is 0 Å². The van der Waals surface area contributed by atoms with Crippen LogP contribution < -0.4 is 4.90 Å². The Labute approximate surface area is 367 Å². The predicted molar refractivity (Wildman–Crippen MR) is 267 cm³/mol. The lowest BCUT2D eigenvalue weighted by molar-refractivity contribution is 0.655. The number of nitrogens with zero attached hydrogens (tertiary/aromatic N) is 1. The van der Waals surface area contributed by atoms with Crippen molar-refractivity contribution in [2.45, 2.75) is 60.3 Å². The number of anilines is 3. The Morgan fingerprint density at radius 3 is 1.48 bits per heavy atom. The van der Waals surface area contributed by atoms with Crippen LogP contribution >= 0.6 is 0 Å². The minimum atomic E-state index is 0.146. The second kappa shape index (κ2) is 15.8. The van der Waals surface area contributed by atoms with Crippen LogP contribution in [0.15, 0.2) is 182 Å². The topological polar surface area (TPSA) is 3.24 Å². The molecular formula is C61H53N. The molecule has 0 aromatic heterocycles. The van der Waals surface area contributed by atoms with Crippen molar-refractivity contribution >= 4 is 49.4 Å². The first kappa shape index (κ1) is 39.2. The molecule has 0 aliphatic carbocycles. The Balaban J connectivity index is 1.20. The third-order valence-corrected chi connectivity index (χ3v) is 13.6. The van der Waals surface area contributed by atoms with Gasteiger partial charge in [0.2, 0.25) is 0 Å². The maximum atomic E-state index is 2.53. The number of hydrogen-bond donors (Lipinski definition) is 0. The zero-order valence-corrected chi connectivity index (χ0v) is 36.9. The minimum Gasteiger partial charge on any atom is -0.309 e. The summed E-state index contributed by atoms with van der Waals surface area (Å²) in [4.78, 5) is 2.53. The molecule has 0 aliphatic rings. The summed E-state index contributed by atoms with van der Waals surface area (Å²) in [6, 6.07) is 68.4. The SMILES string of the molecule is Cc1ccc(C)c(C(c2cc(-c3ccccc3)ccc2C)C(C)c2ccc3ccc4c(N(c5cc(C)ccc5C)c5cc(-c6ccccc6)ccc5C)ccc5ccc2c3c54)c1.